The highest BCUT2D eigenvalue weighted by molar-refractivity contribution is 9.09. The molecule has 3 N–H and O–H groups in total. The van der Waals surface area contributed by atoms with E-state index in [2.05, 4.69) is 21.2 Å². The summed E-state index contributed by atoms with van der Waals surface area (Å²) in [6.07, 6.45) is 3.62. The van der Waals surface area contributed by atoms with Gasteiger partial charge in [-0.15, -0.1) is 0 Å². The van der Waals surface area contributed by atoms with E-state index in [-0.39, 0.29) is 4.95 Å². The maximum atomic E-state index is 5.49. The van der Waals surface area contributed by atoms with E-state index in [9.17, 15) is 0 Å². The van der Waals surface area contributed by atoms with Crippen LogP contribution in [-0.2, 0) is 4.74 Å². The highest BCUT2D eigenvalue weighted by Crippen LogP contribution is 2.11. The summed E-state index contributed by atoms with van der Waals surface area (Å²) in [6.45, 7) is 0. The van der Waals surface area contributed by atoms with Gasteiger partial charge in [0.2, 0.25) is 0 Å². The SMILES string of the molecule is COC1=CC(Br)NC(N)=C1. The van der Waals surface area contributed by atoms with Gasteiger partial charge in [0.1, 0.15) is 16.5 Å². The molecule has 0 bridgehead atoms. The van der Waals surface area contributed by atoms with Gasteiger partial charge in [0.15, 0.2) is 0 Å². The smallest absolute Gasteiger partial charge is 0.121 e. The molecule has 1 aliphatic rings. The predicted molar refractivity (Wildman–Crippen MR) is 43.2 cm³/mol. The van der Waals surface area contributed by atoms with Crippen LogP contribution in [0.15, 0.2) is 23.7 Å². The zero-order valence-electron chi connectivity index (χ0n) is 5.60. The lowest BCUT2D eigenvalue weighted by Gasteiger charge is -2.16. The molecule has 1 atom stereocenters. The van der Waals surface area contributed by atoms with Gasteiger partial charge in [-0.2, -0.15) is 0 Å². The molecule has 0 aromatic heterocycles. The Morgan fingerprint density at radius 2 is 2.50 bits per heavy atom. The van der Waals surface area contributed by atoms with E-state index in [1.165, 1.54) is 0 Å². The lowest BCUT2D eigenvalue weighted by molar-refractivity contribution is 0.302. The van der Waals surface area contributed by atoms with Gasteiger partial charge < -0.3 is 15.8 Å². The Bertz CT molecular complexity index is 188. The van der Waals surface area contributed by atoms with E-state index < -0.39 is 0 Å². The summed E-state index contributed by atoms with van der Waals surface area (Å²) >= 11 is 3.32. The number of alkyl halides is 1. The minimum absolute atomic E-state index is 0.0763. The Morgan fingerprint density at radius 1 is 1.80 bits per heavy atom. The van der Waals surface area contributed by atoms with Crippen LogP contribution in [-0.4, -0.2) is 12.1 Å². The fourth-order valence-corrected chi connectivity index (χ4v) is 1.24. The number of hydrogen-bond acceptors (Lipinski definition) is 3. The van der Waals surface area contributed by atoms with E-state index in [1.807, 2.05) is 6.08 Å². The van der Waals surface area contributed by atoms with E-state index in [0.29, 0.717) is 5.82 Å². The number of allylic oxidation sites excluding steroid dienone is 1. The Balaban J connectivity index is 2.72. The van der Waals surface area contributed by atoms with Crippen molar-refractivity contribution in [3.8, 4) is 0 Å². The first kappa shape index (κ1) is 7.47. The van der Waals surface area contributed by atoms with Gasteiger partial charge in [0.05, 0.1) is 7.11 Å². The maximum absolute atomic E-state index is 5.49. The van der Waals surface area contributed by atoms with Crippen LogP contribution < -0.4 is 11.1 Å². The van der Waals surface area contributed by atoms with Gasteiger partial charge in [0.25, 0.3) is 0 Å². The number of nitrogens with two attached hydrogens (primary N) is 1. The molecule has 10 heavy (non-hydrogen) atoms. The monoisotopic (exact) mass is 204 g/mol. The second-order valence-electron chi connectivity index (χ2n) is 1.92. The molecule has 1 rings (SSSR count). The molecule has 0 amide bonds. The van der Waals surface area contributed by atoms with Crippen molar-refractivity contribution in [2.45, 2.75) is 4.95 Å². The van der Waals surface area contributed by atoms with Crippen LogP contribution >= 0.6 is 15.9 Å². The standard InChI is InChI=1S/C6H9BrN2O/c1-10-4-2-5(7)9-6(8)3-4/h2-3,5,9H,8H2,1H3. The molecule has 0 aromatic carbocycles. The van der Waals surface area contributed by atoms with E-state index in [1.54, 1.807) is 13.2 Å². The molecule has 0 aliphatic carbocycles. The Kier molecular flexibility index (Phi) is 2.21. The Labute approximate surface area is 68.0 Å². The second-order valence-corrected chi connectivity index (χ2v) is 2.91. The number of hydrogen-bond donors (Lipinski definition) is 2. The number of ether oxygens (including phenoxy) is 1. The van der Waals surface area contributed by atoms with Crippen molar-refractivity contribution >= 4 is 15.9 Å². The van der Waals surface area contributed by atoms with Crippen LogP contribution in [0.3, 0.4) is 0 Å². The van der Waals surface area contributed by atoms with Crippen molar-refractivity contribution < 1.29 is 4.74 Å². The zero-order chi connectivity index (χ0) is 7.56. The third-order valence-corrected chi connectivity index (χ3v) is 1.64. The van der Waals surface area contributed by atoms with Gasteiger partial charge >= 0.3 is 0 Å². The summed E-state index contributed by atoms with van der Waals surface area (Å²) in [5, 5.41) is 2.94. The highest BCUT2D eigenvalue weighted by Gasteiger charge is 2.07. The number of rotatable bonds is 1. The van der Waals surface area contributed by atoms with E-state index >= 15 is 0 Å². The summed E-state index contributed by atoms with van der Waals surface area (Å²) in [5.74, 6) is 1.39. The quantitative estimate of drug-likeness (QED) is 0.487. The van der Waals surface area contributed by atoms with Crippen molar-refractivity contribution in [3.05, 3.63) is 23.7 Å². The van der Waals surface area contributed by atoms with Gasteiger partial charge in [-0.1, -0.05) is 15.9 Å². The first-order valence-corrected chi connectivity index (χ1v) is 3.77. The first-order valence-electron chi connectivity index (χ1n) is 2.86. The molecule has 4 heteroatoms. The molecule has 0 fully saturated rings. The normalized spacial score (nSPS) is 24.4. The molecule has 1 aliphatic heterocycles. The van der Waals surface area contributed by atoms with Crippen molar-refractivity contribution in [2.75, 3.05) is 7.11 Å². The summed E-state index contributed by atoms with van der Waals surface area (Å²) in [7, 11) is 1.61. The molecule has 1 heterocycles. The van der Waals surface area contributed by atoms with Crippen molar-refractivity contribution in [1.82, 2.24) is 5.32 Å². The van der Waals surface area contributed by atoms with Crippen molar-refractivity contribution in [3.63, 3.8) is 0 Å². The van der Waals surface area contributed by atoms with Crippen LogP contribution in [0.4, 0.5) is 0 Å². The fraction of sp³-hybridized carbons (Fsp3) is 0.333. The average molecular weight is 205 g/mol. The number of halogens is 1. The molecule has 0 saturated carbocycles. The summed E-state index contributed by atoms with van der Waals surface area (Å²) < 4.78 is 4.97. The van der Waals surface area contributed by atoms with Crippen LogP contribution in [0.1, 0.15) is 0 Å². The summed E-state index contributed by atoms with van der Waals surface area (Å²) in [4.78, 5) is 0.0763. The summed E-state index contributed by atoms with van der Waals surface area (Å²) in [6, 6.07) is 0. The van der Waals surface area contributed by atoms with Crippen molar-refractivity contribution in [1.29, 1.82) is 0 Å². The predicted octanol–water partition coefficient (Wildman–Crippen LogP) is 0.641. The van der Waals surface area contributed by atoms with E-state index in [0.717, 1.165) is 5.76 Å². The fourth-order valence-electron chi connectivity index (χ4n) is 0.715. The molecular weight excluding hydrogens is 196 g/mol. The van der Waals surface area contributed by atoms with Crippen LogP contribution in [0.2, 0.25) is 0 Å². The van der Waals surface area contributed by atoms with Crippen LogP contribution in [0.25, 0.3) is 0 Å². The topological polar surface area (TPSA) is 47.3 Å². The Hall–Kier alpha value is -0.640. The minimum atomic E-state index is 0.0763. The Morgan fingerprint density at radius 3 is 3.00 bits per heavy atom. The highest BCUT2D eigenvalue weighted by atomic mass is 79.9. The molecule has 3 nitrogen and oxygen atoms in total. The van der Waals surface area contributed by atoms with E-state index in [4.69, 9.17) is 10.5 Å². The molecule has 1 unspecified atom stereocenters. The van der Waals surface area contributed by atoms with Crippen molar-refractivity contribution in [2.24, 2.45) is 5.73 Å². The zero-order valence-corrected chi connectivity index (χ0v) is 7.18. The van der Waals surface area contributed by atoms with Gasteiger partial charge in [0, 0.05) is 6.08 Å². The minimum Gasteiger partial charge on any atom is -0.497 e. The molecular formula is C6H9BrN2O. The van der Waals surface area contributed by atoms with Gasteiger partial charge in [-0.3, -0.25) is 0 Å². The third kappa shape index (κ3) is 1.67. The van der Waals surface area contributed by atoms with Gasteiger partial charge in [-0.05, 0) is 6.08 Å². The first-order chi connectivity index (χ1) is 4.72. The average Bonchev–Trinajstić information content (AvgIpc) is 1.85. The number of methoxy groups -OCH3 is 1. The lowest BCUT2D eigenvalue weighted by Crippen LogP contribution is -2.29. The molecule has 0 radical (unpaired) electrons. The maximum Gasteiger partial charge on any atom is 0.121 e. The van der Waals surface area contributed by atoms with Gasteiger partial charge in [-0.25, -0.2) is 0 Å². The van der Waals surface area contributed by atoms with Crippen LogP contribution in [0, 0.1) is 0 Å². The largest absolute Gasteiger partial charge is 0.497 e. The van der Waals surface area contributed by atoms with Crippen LogP contribution in [0.5, 0.6) is 0 Å². The second kappa shape index (κ2) is 2.96. The summed E-state index contributed by atoms with van der Waals surface area (Å²) in [5.41, 5.74) is 5.49. The molecule has 0 aromatic rings. The number of nitrogens with one attached hydrogen (secondary N) is 1. The molecule has 0 spiro atoms. The molecule has 56 valence electrons. The molecule has 0 saturated heterocycles. The third-order valence-electron chi connectivity index (χ3n) is 1.15. The lowest BCUT2D eigenvalue weighted by atomic mass is 10.3. The number of dihydropyridines is 1.